The first-order valence-electron chi connectivity index (χ1n) is 7.63. The lowest BCUT2D eigenvalue weighted by atomic mass is 10.1. The summed E-state index contributed by atoms with van der Waals surface area (Å²) in [5.74, 6) is -14.7. The Kier molecular flexibility index (Phi) is 8.44. The third kappa shape index (κ3) is 5.81. The Morgan fingerprint density at radius 1 is 0.741 bits per heavy atom. The molecule has 0 N–H and O–H groups in total. The molecule has 0 spiro atoms. The van der Waals surface area contributed by atoms with Crippen molar-refractivity contribution >= 4 is 20.4 Å². The summed E-state index contributed by atoms with van der Waals surface area (Å²) in [5.41, 5.74) is 0. The van der Waals surface area contributed by atoms with Gasteiger partial charge in [0.25, 0.3) is 0 Å². The maximum Gasteiger partial charge on any atom is 0.460 e. The molecule has 27 heavy (non-hydrogen) atoms. The van der Waals surface area contributed by atoms with Crippen molar-refractivity contribution in [1.82, 2.24) is 0 Å². The normalized spacial score (nSPS) is 15.9. The molecule has 0 aliphatic carbocycles. The van der Waals surface area contributed by atoms with Gasteiger partial charge in [0.05, 0.1) is 0 Å². The Hall–Kier alpha value is -0.370. The lowest BCUT2D eigenvalue weighted by molar-refractivity contribution is -0.382. The van der Waals surface area contributed by atoms with E-state index in [0.29, 0.717) is 6.42 Å². The fourth-order valence-corrected chi connectivity index (χ4v) is 5.79. The quantitative estimate of drug-likeness (QED) is 0.293. The van der Waals surface area contributed by atoms with Crippen LogP contribution in [-0.4, -0.2) is 50.0 Å². The first kappa shape index (κ1) is 26.6. The third-order valence-electron chi connectivity index (χ3n) is 3.44. The van der Waals surface area contributed by atoms with Gasteiger partial charge in [-0.2, -0.15) is 47.9 Å². The Bertz CT molecular complexity index is 586. The summed E-state index contributed by atoms with van der Waals surface area (Å²) >= 11 is 0. The number of alkyl halides is 9. The van der Waals surface area contributed by atoms with E-state index in [2.05, 4.69) is 3.63 Å². The minimum absolute atomic E-state index is 0.146. The molecule has 0 saturated carbocycles. The molecule has 166 valence electrons. The molecule has 0 unspecified atom stereocenters. The van der Waals surface area contributed by atoms with E-state index in [4.69, 9.17) is 0 Å². The minimum Gasteiger partial charge on any atom is -0.216 e. The SMILES string of the molecule is CCCCCCCS(C)(C)OS(=O)(=O)C(F)(F)C(F)(F)C(F)(F)C(F)(F)F. The van der Waals surface area contributed by atoms with Crippen molar-refractivity contribution in [2.75, 3.05) is 18.3 Å². The average molecular weight is 460 g/mol. The van der Waals surface area contributed by atoms with Gasteiger partial charge >= 0.3 is 33.4 Å². The molecule has 0 aromatic rings. The molecule has 0 heterocycles. The fourth-order valence-electron chi connectivity index (χ4n) is 1.89. The van der Waals surface area contributed by atoms with E-state index in [1.54, 1.807) is 0 Å². The minimum atomic E-state index is -7.29. The highest BCUT2D eigenvalue weighted by Crippen LogP contribution is 2.57. The van der Waals surface area contributed by atoms with E-state index in [9.17, 15) is 47.9 Å². The van der Waals surface area contributed by atoms with E-state index in [1.165, 1.54) is 0 Å². The van der Waals surface area contributed by atoms with Crippen molar-refractivity contribution in [3.8, 4) is 0 Å². The largest absolute Gasteiger partial charge is 0.460 e. The second-order valence-corrected chi connectivity index (χ2v) is 11.5. The van der Waals surface area contributed by atoms with Crippen molar-refractivity contribution < 1.29 is 51.6 Å². The van der Waals surface area contributed by atoms with Gasteiger partial charge in [-0.25, -0.2) is 3.63 Å². The second kappa shape index (κ2) is 8.56. The van der Waals surface area contributed by atoms with Crippen LogP contribution >= 0.6 is 10.3 Å². The Morgan fingerprint density at radius 3 is 1.59 bits per heavy atom. The zero-order valence-electron chi connectivity index (χ0n) is 14.7. The molecule has 3 nitrogen and oxygen atoms in total. The Labute approximate surface area is 153 Å². The molecule has 0 atom stereocenters. The van der Waals surface area contributed by atoms with Gasteiger partial charge in [-0.15, -0.1) is 10.3 Å². The van der Waals surface area contributed by atoms with Gasteiger partial charge in [-0.05, 0) is 24.7 Å². The summed E-state index contributed by atoms with van der Waals surface area (Å²) in [7, 11) is -9.77. The number of halogens is 9. The van der Waals surface area contributed by atoms with E-state index in [-0.39, 0.29) is 12.2 Å². The Balaban J connectivity index is 5.48. The monoisotopic (exact) mass is 460 g/mol. The van der Waals surface area contributed by atoms with E-state index in [0.717, 1.165) is 31.8 Å². The molecule has 0 aromatic carbocycles. The zero-order valence-corrected chi connectivity index (χ0v) is 16.3. The first-order valence-corrected chi connectivity index (χ1v) is 11.6. The first-order chi connectivity index (χ1) is 11.8. The van der Waals surface area contributed by atoms with Gasteiger partial charge in [0, 0.05) is 0 Å². The van der Waals surface area contributed by atoms with Gasteiger partial charge in [0.1, 0.15) is 0 Å². The molecule has 14 heteroatoms. The summed E-state index contributed by atoms with van der Waals surface area (Å²) < 4.78 is 143. The zero-order chi connectivity index (χ0) is 21.9. The van der Waals surface area contributed by atoms with Crippen molar-refractivity contribution in [3.63, 3.8) is 0 Å². The highest BCUT2D eigenvalue weighted by atomic mass is 32.3. The third-order valence-corrected chi connectivity index (χ3v) is 7.79. The van der Waals surface area contributed by atoms with E-state index in [1.807, 2.05) is 6.92 Å². The molecule has 0 aliphatic rings. The van der Waals surface area contributed by atoms with Crippen LogP contribution in [0.1, 0.15) is 39.0 Å². The van der Waals surface area contributed by atoms with Crippen LogP contribution < -0.4 is 0 Å². The highest BCUT2D eigenvalue weighted by molar-refractivity contribution is 8.32. The summed E-state index contributed by atoms with van der Waals surface area (Å²) in [6.07, 6.45) is -1.84. The van der Waals surface area contributed by atoms with Gasteiger partial charge in [-0.1, -0.05) is 32.6 Å². The molecule has 0 saturated heterocycles. The van der Waals surface area contributed by atoms with Crippen LogP contribution in [0, 0.1) is 0 Å². The lowest BCUT2D eigenvalue weighted by Crippen LogP contribution is -2.63. The fraction of sp³-hybridized carbons (Fsp3) is 1.00. The average Bonchev–Trinajstić information content (AvgIpc) is 2.43. The molecule has 0 rings (SSSR count). The van der Waals surface area contributed by atoms with Crippen LogP contribution in [0.5, 0.6) is 0 Å². The number of hydrogen-bond acceptors (Lipinski definition) is 3. The number of hydrogen-bond donors (Lipinski definition) is 0. The molecular formula is C13H21F9O3S2. The van der Waals surface area contributed by atoms with Gasteiger partial charge < -0.3 is 0 Å². The van der Waals surface area contributed by atoms with Crippen LogP contribution in [0.25, 0.3) is 0 Å². The number of unbranched alkanes of at least 4 members (excludes halogenated alkanes) is 4. The van der Waals surface area contributed by atoms with Gasteiger partial charge in [0.2, 0.25) is 0 Å². The summed E-state index contributed by atoms with van der Waals surface area (Å²) in [5, 5.41) is -6.80. The van der Waals surface area contributed by atoms with Crippen LogP contribution in [0.15, 0.2) is 0 Å². The smallest absolute Gasteiger partial charge is 0.216 e. The number of rotatable bonds is 11. The maximum atomic E-state index is 13.6. The molecule has 0 radical (unpaired) electrons. The standard InChI is InChI=1S/C13H21F9O3S2/c1-4-5-6-7-8-9-26(2,3)25-27(23,24)13(21,22)11(16,17)10(14,15)12(18,19)20/h4-9H2,1-3H3. The van der Waals surface area contributed by atoms with Crippen molar-refractivity contribution in [2.45, 2.75) is 62.3 Å². The molecule has 0 aromatic heterocycles. The van der Waals surface area contributed by atoms with Crippen LogP contribution in [0.4, 0.5) is 39.5 Å². The van der Waals surface area contributed by atoms with Crippen molar-refractivity contribution in [3.05, 3.63) is 0 Å². The molecule has 0 amide bonds. The summed E-state index contributed by atoms with van der Waals surface area (Å²) in [4.78, 5) is 0. The second-order valence-electron chi connectivity index (χ2n) is 6.24. The van der Waals surface area contributed by atoms with Gasteiger partial charge in [0.15, 0.2) is 0 Å². The van der Waals surface area contributed by atoms with Crippen molar-refractivity contribution in [1.29, 1.82) is 0 Å². The van der Waals surface area contributed by atoms with Crippen LogP contribution in [0.2, 0.25) is 0 Å². The lowest BCUT2D eigenvalue weighted by Gasteiger charge is -2.36. The molecular weight excluding hydrogens is 439 g/mol. The maximum absolute atomic E-state index is 13.6. The molecule has 0 fully saturated rings. The summed E-state index contributed by atoms with van der Waals surface area (Å²) in [6, 6.07) is 0. The Morgan fingerprint density at radius 2 is 1.19 bits per heavy atom. The topological polar surface area (TPSA) is 43.4 Å². The van der Waals surface area contributed by atoms with E-state index >= 15 is 0 Å². The molecule has 0 bridgehead atoms. The predicted molar refractivity (Wildman–Crippen MR) is 84.0 cm³/mol. The van der Waals surface area contributed by atoms with Crippen LogP contribution in [0.3, 0.4) is 0 Å². The van der Waals surface area contributed by atoms with E-state index < -0.39 is 43.7 Å². The molecule has 0 aliphatic heterocycles. The predicted octanol–water partition coefficient (Wildman–Crippen LogP) is 5.71. The van der Waals surface area contributed by atoms with Crippen molar-refractivity contribution in [2.24, 2.45) is 0 Å². The highest BCUT2D eigenvalue weighted by Gasteiger charge is 2.86. The summed E-state index contributed by atoms with van der Waals surface area (Å²) in [6.45, 7) is 1.91. The van der Waals surface area contributed by atoms with Gasteiger partial charge in [-0.3, -0.25) is 0 Å². The van der Waals surface area contributed by atoms with Crippen LogP contribution in [-0.2, 0) is 13.7 Å².